The highest BCUT2D eigenvalue weighted by molar-refractivity contribution is 5.95. The second kappa shape index (κ2) is 7.80. The Morgan fingerprint density at radius 3 is 2.60 bits per heavy atom. The molecule has 1 N–H and O–H groups in total. The number of carbonyl (C=O) groups is 1. The van der Waals surface area contributed by atoms with E-state index < -0.39 is 0 Å². The minimum Gasteiger partial charge on any atom is -0.474 e. The molecule has 3 rings (SSSR count). The molecule has 0 saturated heterocycles. The Labute approximate surface area is 147 Å². The Morgan fingerprint density at radius 2 is 1.96 bits per heavy atom. The standard InChI is InChI=1S/C20H21N3O2/c1-14-4-2-3-5-18(14)20(24)23-16-7-9-17(10-8-16)25-19-11-6-15(12-21)13-22-19/h2-6,11,13,16-17H,7-10H2,1H3,(H,23,24). The van der Waals surface area contributed by atoms with Gasteiger partial charge in [0.25, 0.3) is 5.91 Å². The molecule has 1 saturated carbocycles. The zero-order valence-corrected chi connectivity index (χ0v) is 14.2. The Hall–Kier alpha value is -2.87. The maximum atomic E-state index is 12.4. The quantitative estimate of drug-likeness (QED) is 0.929. The number of aryl methyl sites for hydroxylation is 1. The third-order valence-corrected chi connectivity index (χ3v) is 4.55. The van der Waals surface area contributed by atoms with Crippen molar-refractivity contribution in [3.8, 4) is 11.9 Å². The van der Waals surface area contributed by atoms with Crippen LogP contribution < -0.4 is 10.1 Å². The summed E-state index contributed by atoms with van der Waals surface area (Å²) in [6.45, 7) is 1.95. The molecule has 0 atom stereocenters. The zero-order chi connectivity index (χ0) is 17.6. The molecule has 1 aromatic heterocycles. The maximum absolute atomic E-state index is 12.4. The summed E-state index contributed by atoms with van der Waals surface area (Å²) in [7, 11) is 0. The number of ether oxygens (including phenoxy) is 1. The lowest BCUT2D eigenvalue weighted by atomic mass is 9.92. The number of rotatable bonds is 4. The van der Waals surface area contributed by atoms with Crippen LogP contribution in [0.4, 0.5) is 0 Å². The minimum absolute atomic E-state index is 0.00349. The third-order valence-electron chi connectivity index (χ3n) is 4.55. The Bertz CT molecular complexity index is 772. The molecule has 1 aliphatic carbocycles. The normalized spacial score (nSPS) is 19.7. The lowest BCUT2D eigenvalue weighted by Crippen LogP contribution is -2.40. The van der Waals surface area contributed by atoms with Gasteiger partial charge in [-0.2, -0.15) is 5.26 Å². The van der Waals surface area contributed by atoms with Crippen LogP contribution in [0, 0.1) is 18.3 Å². The first kappa shape index (κ1) is 17.0. The predicted octanol–water partition coefficient (Wildman–Crippen LogP) is 3.38. The van der Waals surface area contributed by atoms with Crippen molar-refractivity contribution in [2.24, 2.45) is 0 Å². The lowest BCUT2D eigenvalue weighted by molar-refractivity contribution is 0.0889. The van der Waals surface area contributed by atoms with E-state index in [9.17, 15) is 4.79 Å². The van der Waals surface area contributed by atoms with Gasteiger partial charge in [-0.1, -0.05) is 18.2 Å². The molecule has 1 fully saturated rings. The summed E-state index contributed by atoms with van der Waals surface area (Å²) in [6.07, 6.45) is 5.15. The van der Waals surface area contributed by atoms with E-state index in [1.807, 2.05) is 37.3 Å². The van der Waals surface area contributed by atoms with Gasteiger partial charge >= 0.3 is 0 Å². The summed E-state index contributed by atoms with van der Waals surface area (Å²) >= 11 is 0. The average Bonchev–Trinajstić information content (AvgIpc) is 2.64. The second-order valence-corrected chi connectivity index (χ2v) is 6.38. The van der Waals surface area contributed by atoms with Gasteiger partial charge in [0.1, 0.15) is 12.2 Å². The number of aromatic nitrogens is 1. The number of nitriles is 1. The van der Waals surface area contributed by atoms with Gasteiger partial charge in [-0.15, -0.1) is 0 Å². The highest BCUT2D eigenvalue weighted by Gasteiger charge is 2.24. The maximum Gasteiger partial charge on any atom is 0.251 e. The largest absolute Gasteiger partial charge is 0.474 e. The van der Waals surface area contributed by atoms with Crippen molar-refractivity contribution in [3.05, 3.63) is 59.3 Å². The number of nitrogens with zero attached hydrogens (tertiary/aromatic N) is 2. The smallest absolute Gasteiger partial charge is 0.251 e. The molecular formula is C20H21N3O2. The van der Waals surface area contributed by atoms with Crippen molar-refractivity contribution in [3.63, 3.8) is 0 Å². The zero-order valence-electron chi connectivity index (χ0n) is 14.2. The molecule has 5 heteroatoms. The van der Waals surface area contributed by atoms with Crippen LogP contribution in [-0.4, -0.2) is 23.0 Å². The summed E-state index contributed by atoms with van der Waals surface area (Å²) in [6, 6.07) is 13.3. The summed E-state index contributed by atoms with van der Waals surface area (Å²) < 4.78 is 5.88. The summed E-state index contributed by atoms with van der Waals surface area (Å²) in [5.41, 5.74) is 2.25. The summed E-state index contributed by atoms with van der Waals surface area (Å²) in [5.74, 6) is 0.544. The summed E-state index contributed by atoms with van der Waals surface area (Å²) in [4.78, 5) is 16.5. The van der Waals surface area contributed by atoms with Crippen LogP contribution in [0.25, 0.3) is 0 Å². The summed E-state index contributed by atoms with van der Waals surface area (Å²) in [5, 5.41) is 11.9. The van der Waals surface area contributed by atoms with Crippen LogP contribution >= 0.6 is 0 Å². The van der Waals surface area contributed by atoms with Gasteiger partial charge in [0, 0.05) is 23.9 Å². The van der Waals surface area contributed by atoms with Gasteiger partial charge in [-0.3, -0.25) is 4.79 Å². The van der Waals surface area contributed by atoms with Gasteiger partial charge < -0.3 is 10.1 Å². The second-order valence-electron chi connectivity index (χ2n) is 6.38. The lowest BCUT2D eigenvalue weighted by Gasteiger charge is -2.29. The van der Waals surface area contributed by atoms with E-state index in [1.165, 1.54) is 6.20 Å². The molecule has 1 aromatic carbocycles. The fraction of sp³-hybridized carbons (Fsp3) is 0.350. The Balaban J connectivity index is 1.49. The molecule has 0 bridgehead atoms. The van der Waals surface area contributed by atoms with Crippen molar-refractivity contribution in [2.45, 2.75) is 44.8 Å². The van der Waals surface area contributed by atoms with Crippen LogP contribution in [0.5, 0.6) is 5.88 Å². The number of pyridine rings is 1. The molecule has 128 valence electrons. The molecule has 5 nitrogen and oxygen atoms in total. The molecule has 0 spiro atoms. The van der Waals surface area contributed by atoms with Crippen LogP contribution in [0.3, 0.4) is 0 Å². The number of amides is 1. The topological polar surface area (TPSA) is 75.0 Å². The monoisotopic (exact) mass is 335 g/mol. The number of nitrogens with one attached hydrogen (secondary N) is 1. The van der Waals surface area contributed by atoms with E-state index in [4.69, 9.17) is 10.00 Å². The molecule has 0 aliphatic heterocycles. The van der Waals surface area contributed by atoms with E-state index in [2.05, 4.69) is 10.3 Å². The fourth-order valence-electron chi connectivity index (χ4n) is 3.10. The molecule has 0 unspecified atom stereocenters. The van der Waals surface area contributed by atoms with E-state index in [0.717, 1.165) is 36.8 Å². The van der Waals surface area contributed by atoms with Gasteiger partial charge in [0.05, 0.1) is 5.56 Å². The highest BCUT2D eigenvalue weighted by Crippen LogP contribution is 2.23. The molecule has 25 heavy (non-hydrogen) atoms. The molecule has 0 radical (unpaired) electrons. The molecule has 1 amide bonds. The van der Waals surface area contributed by atoms with Gasteiger partial charge in [0.15, 0.2) is 0 Å². The van der Waals surface area contributed by atoms with Crippen LogP contribution in [0.2, 0.25) is 0 Å². The molecule has 1 heterocycles. The molecular weight excluding hydrogens is 314 g/mol. The van der Waals surface area contributed by atoms with Gasteiger partial charge in [-0.25, -0.2) is 4.98 Å². The van der Waals surface area contributed by atoms with Crippen molar-refractivity contribution in [1.82, 2.24) is 10.3 Å². The fourth-order valence-corrected chi connectivity index (χ4v) is 3.10. The first-order valence-electron chi connectivity index (χ1n) is 8.55. The van der Waals surface area contributed by atoms with Crippen LogP contribution in [-0.2, 0) is 0 Å². The van der Waals surface area contributed by atoms with Crippen molar-refractivity contribution in [1.29, 1.82) is 5.26 Å². The van der Waals surface area contributed by atoms with Crippen molar-refractivity contribution in [2.75, 3.05) is 0 Å². The number of hydrogen-bond donors (Lipinski definition) is 1. The minimum atomic E-state index is -0.00349. The van der Waals surface area contributed by atoms with Gasteiger partial charge in [0.2, 0.25) is 5.88 Å². The van der Waals surface area contributed by atoms with E-state index in [0.29, 0.717) is 11.4 Å². The molecule has 2 aromatic rings. The first-order chi connectivity index (χ1) is 12.2. The number of hydrogen-bond acceptors (Lipinski definition) is 4. The van der Waals surface area contributed by atoms with E-state index >= 15 is 0 Å². The Kier molecular flexibility index (Phi) is 5.30. The SMILES string of the molecule is Cc1ccccc1C(=O)NC1CCC(Oc2ccc(C#N)cn2)CC1. The van der Waals surface area contributed by atoms with Gasteiger partial charge in [-0.05, 0) is 50.3 Å². The van der Waals surface area contributed by atoms with E-state index in [1.54, 1.807) is 12.1 Å². The first-order valence-corrected chi connectivity index (χ1v) is 8.55. The van der Waals surface area contributed by atoms with E-state index in [-0.39, 0.29) is 18.1 Å². The highest BCUT2D eigenvalue weighted by atomic mass is 16.5. The van der Waals surface area contributed by atoms with Crippen LogP contribution in [0.15, 0.2) is 42.6 Å². The number of carbonyl (C=O) groups excluding carboxylic acids is 1. The number of benzene rings is 1. The Morgan fingerprint density at radius 1 is 1.20 bits per heavy atom. The average molecular weight is 335 g/mol. The van der Waals surface area contributed by atoms with Crippen molar-refractivity contribution >= 4 is 5.91 Å². The van der Waals surface area contributed by atoms with Crippen LogP contribution in [0.1, 0.15) is 47.2 Å². The predicted molar refractivity (Wildman–Crippen MR) is 94.3 cm³/mol. The van der Waals surface area contributed by atoms with Crippen molar-refractivity contribution < 1.29 is 9.53 Å². The third kappa shape index (κ3) is 4.36. The molecule has 1 aliphatic rings.